The second-order valence-corrected chi connectivity index (χ2v) is 10.1. The third kappa shape index (κ3) is 4.01. The minimum Gasteiger partial charge on any atom is -0.315 e. The van der Waals surface area contributed by atoms with Gasteiger partial charge in [0.15, 0.2) is 0 Å². The van der Waals surface area contributed by atoms with E-state index in [0.29, 0.717) is 39.1 Å². The summed E-state index contributed by atoms with van der Waals surface area (Å²) < 4.78 is 47.3. The fourth-order valence-corrected chi connectivity index (χ4v) is 7.44. The summed E-state index contributed by atoms with van der Waals surface area (Å²) in [6, 6.07) is 0. The molecule has 0 saturated carbocycles. The molecular weight excluding hydrogens is 337 g/mol. The molecule has 1 spiro atoms. The van der Waals surface area contributed by atoms with Crippen molar-refractivity contribution in [1.29, 1.82) is 0 Å². The molecule has 126 valence electrons. The van der Waals surface area contributed by atoms with E-state index in [9.17, 15) is 13.0 Å². The van der Waals surface area contributed by atoms with Crippen LogP contribution in [0.5, 0.6) is 0 Å². The van der Waals surface area contributed by atoms with Gasteiger partial charge in [0, 0.05) is 18.5 Å². The van der Waals surface area contributed by atoms with Crippen molar-refractivity contribution >= 4 is 29.8 Å². The summed E-state index contributed by atoms with van der Waals surface area (Å²) in [6.07, 6.45) is 1.08. The maximum Gasteiger partial charge on any atom is 0.335 e. The van der Waals surface area contributed by atoms with Gasteiger partial charge in [-0.1, -0.05) is 0 Å². The van der Waals surface area contributed by atoms with E-state index >= 15 is 0 Å². The zero-order chi connectivity index (χ0) is 14.9. The fourth-order valence-electron chi connectivity index (χ4n) is 3.27. The molecule has 0 aromatic heterocycles. The molecule has 2 fully saturated rings. The van der Waals surface area contributed by atoms with Gasteiger partial charge in [0.1, 0.15) is 9.84 Å². The van der Waals surface area contributed by atoms with Crippen LogP contribution in [0, 0.1) is 5.41 Å². The second-order valence-electron chi connectivity index (χ2n) is 5.54. The van der Waals surface area contributed by atoms with Crippen LogP contribution in [0.3, 0.4) is 0 Å². The highest BCUT2D eigenvalue weighted by molar-refractivity contribution is 7.91. The summed E-state index contributed by atoms with van der Waals surface area (Å²) in [7, 11) is -6.14. The van der Waals surface area contributed by atoms with Crippen LogP contribution in [-0.2, 0) is 23.4 Å². The highest BCUT2D eigenvalue weighted by atomic mass is 35.5. The van der Waals surface area contributed by atoms with Gasteiger partial charge in [0.25, 0.3) is 0 Å². The number of nitrogens with one attached hydrogen (secondary N) is 1. The van der Waals surface area contributed by atoms with E-state index in [1.54, 1.807) is 13.8 Å². The van der Waals surface area contributed by atoms with E-state index in [1.807, 2.05) is 0 Å². The van der Waals surface area contributed by atoms with Crippen LogP contribution >= 0.6 is 20.0 Å². The number of sulfone groups is 1. The predicted octanol–water partition coefficient (Wildman–Crippen LogP) is 1.84. The Hall–Kier alpha value is 0.350. The average molecular weight is 362 g/mol. The standard InChI is InChI=1S/C12H24NO5PS.ClH/c1-3-17-19(14,18-4-2)11-9-13-10-12(11)5-7-20(15,16)8-6-12;/h11,13H,3-10H2,1-2H3;1H. The maximum absolute atomic E-state index is 13.0. The average Bonchev–Trinajstić information content (AvgIpc) is 2.79. The van der Waals surface area contributed by atoms with Gasteiger partial charge >= 0.3 is 7.60 Å². The lowest BCUT2D eigenvalue weighted by Gasteiger charge is -2.40. The molecule has 2 saturated heterocycles. The first-order valence-corrected chi connectivity index (χ1v) is 10.6. The van der Waals surface area contributed by atoms with Gasteiger partial charge in [-0.3, -0.25) is 4.57 Å². The molecule has 2 aliphatic heterocycles. The lowest BCUT2D eigenvalue weighted by atomic mass is 9.81. The van der Waals surface area contributed by atoms with E-state index < -0.39 is 17.4 Å². The van der Waals surface area contributed by atoms with E-state index in [2.05, 4.69) is 5.32 Å². The topological polar surface area (TPSA) is 81.7 Å². The Morgan fingerprint density at radius 1 is 1.19 bits per heavy atom. The quantitative estimate of drug-likeness (QED) is 0.752. The molecule has 0 aromatic rings. The summed E-state index contributed by atoms with van der Waals surface area (Å²) >= 11 is 0. The number of hydrogen-bond acceptors (Lipinski definition) is 6. The number of halogens is 1. The minimum atomic E-state index is -3.20. The van der Waals surface area contributed by atoms with E-state index in [4.69, 9.17) is 9.05 Å². The molecule has 0 bridgehead atoms. The van der Waals surface area contributed by atoms with Gasteiger partial charge in [0.2, 0.25) is 0 Å². The normalized spacial score (nSPS) is 27.4. The zero-order valence-corrected chi connectivity index (χ0v) is 15.1. The molecule has 0 amide bonds. The Labute approximate surface area is 133 Å². The highest BCUT2D eigenvalue weighted by Gasteiger charge is 2.55. The molecule has 2 heterocycles. The van der Waals surface area contributed by atoms with Crippen molar-refractivity contribution in [3.63, 3.8) is 0 Å². The van der Waals surface area contributed by atoms with Crippen molar-refractivity contribution in [3.8, 4) is 0 Å². The molecule has 0 aromatic carbocycles. The molecule has 0 radical (unpaired) electrons. The van der Waals surface area contributed by atoms with Crippen LogP contribution in [0.4, 0.5) is 0 Å². The lowest BCUT2D eigenvalue weighted by Crippen LogP contribution is -2.42. The van der Waals surface area contributed by atoms with Crippen molar-refractivity contribution in [2.24, 2.45) is 5.41 Å². The molecule has 0 aliphatic carbocycles. The number of rotatable bonds is 5. The summed E-state index contributed by atoms with van der Waals surface area (Å²) in [5, 5.41) is 3.26. The Kier molecular flexibility index (Phi) is 6.72. The summed E-state index contributed by atoms with van der Waals surface area (Å²) in [5.41, 5.74) is -0.518. The lowest BCUT2D eigenvalue weighted by molar-refractivity contribution is 0.185. The molecule has 1 unspecified atom stereocenters. The summed E-state index contributed by atoms with van der Waals surface area (Å²) in [4.78, 5) is 0. The Morgan fingerprint density at radius 2 is 1.71 bits per heavy atom. The van der Waals surface area contributed by atoms with Crippen LogP contribution in [-0.4, -0.2) is 51.9 Å². The van der Waals surface area contributed by atoms with Gasteiger partial charge in [-0.15, -0.1) is 12.4 Å². The second kappa shape index (κ2) is 7.28. The molecule has 6 nitrogen and oxygen atoms in total. The summed E-state index contributed by atoms with van der Waals surface area (Å²) in [5.74, 6) is 0.340. The molecule has 2 rings (SSSR count). The molecule has 2 aliphatic rings. The molecule has 9 heteroatoms. The number of hydrogen-bond donors (Lipinski definition) is 1. The van der Waals surface area contributed by atoms with Crippen molar-refractivity contribution in [1.82, 2.24) is 5.32 Å². The summed E-state index contributed by atoms with van der Waals surface area (Å²) in [6.45, 7) is 5.52. The molecule has 1 N–H and O–H groups in total. The van der Waals surface area contributed by atoms with Crippen LogP contribution in [0.25, 0.3) is 0 Å². The SMILES string of the molecule is CCOP(=O)(OCC)C1CNCC12CCS(=O)(=O)CC2.Cl. The van der Waals surface area contributed by atoms with Crippen LogP contribution in [0.1, 0.15) is 26.7 Å². The monoisotopic (exact) mass is 361 g/mol. The smallest absolute Gasteiger partial charge is 0.315 e. The Bertz CT molecular complexity index is 474. The highest BCUT2D eigenvalue weighted by Crippen LogP contribution is 2.62. The van der Waals surface area contributed by atoms with E-state index in [-0.39, 0.29) is 35.0 Å². The first kappa shape index (κ1) is 19.4. The third-order valence-electron chi connectivity index (χ3n) is 4.34. The maximum atomic E-state index is 13.0. The molecular formula is C12H25ClNO5PS. The van der Waals surface area contributed by atoms with E-state index in [0.717, 1.165) is 0 Å². The van der Waals surface area contributed by atoms with Crippen molar-refractivity contribution < 1.29 is 22.0 Å². The first-order chi connectivity index (χ1) is 9.37. The minimum absolute atomic E-state index is 0. The zero-order valence-electron chi connectivity index (χ0n) is 12.5. The van der Waals surface area contributed by atoms with Gasteiger partial charge in [-0.05, 0) is 26.7 Å². The molecule has 1 atom stereocenters. The van der Waals surface area contributed by atoms with Gasteiger partial charge < -0.3 is 14.4 Å². The van der Waals surface area contributed by atoms with Crippen LogP contribution in [0.2, 0.25) is 0 Å². The van der Waals surface area contributed by atoms with Gasteiger partial charge in [-0.25, -0.2) is 8.42 Å². The third-order valence-corrected chi connectivity index (χ3v) is 8.73. The van der Waals surface area contributed by atoms with Crippen molar-refractivity contribution in [3.05, 3.63) is 0 Å². The van der Waals surface area contributed by atoms with Gasteiger partial charge in [0.05, 0.1) is 30.4 Å². The van der Waals surface area contributed by atoms with Crippen molar-refractivity contribution in [2.75, 3.05) is 37.8 Å². The van der Waals surface area contributed by atoms with Crippen LogP contribution in [0.15, 0.2) is 0 Å². The molecule has 21 heavy (non-hydrogen) atoms. The predicted molar refractivity (Wildman–Crippen MR) is 85.1 cm³/mol. The van der Waals surface area contributed by atoms with Crippen molar-refractivity contribution in [2.45, 2.75) is 32.3 Å². The Morgan fingerprint density at radius 3 is 2.19 bits per heavy atom. The largest absolute Gasteiger partial charge is 0.335 e. The fraction of sp³-hybridized carbons (Fsp3) is 1.00. The first-order valence-electron chi connectivity index (χ1n) is 7.17. The Balaban J connectivity index is 0.00000220. The van der Waals surface area contributed by atoms with Gasteiger partial charge in [-0.2, -0.15) is 0 Å². The van der Waals surface area contributed by atoms with E-state index in [1.165, 1.54) is 0 Å². The van der Waals surface area contributed by atoms with Crippen LogP contribution < -0.4 is 5.32 Å².